The molecule has 0 saturated carbocycles. The standard InChI is InChI=1S/C24H25ClN2O4S/c1-26(32(29,30)23-15-21(25)13-14-22(23)31-2)18-24(28)27(16-19-9-5-3-6-10-19)17-20-11-7-4-8-12-20/h3-15H,16-18H2,1-2H3. The highest BCUT2D eigenvalue weighted by atomic mass is 35.5. The van der Waals surface area contributed by atoms with Crippen LogP contribution in [-0.4, -0.2) is 44.2 Å². The van der Waals surface area contributed by atoms with Gasteiger partial charge in [0.05, 0.1) is 13.7 Å². The van der Waals surface area contributed by atoms with Gasteiger partial charge in [-0.25, -0.2) is 8.42 Å². The second-order valence-electron chi connectivity index (χ2n) is 7.28. The molecule has 0 heterocycles. The molecule has 0 saturated heterocycles. The van der Waals surface area contributed by atoms with Gasteiger partial charge in [0.25, 0.3) is 0 Å². The molecule has 3 rings (SSSR count). The molecule has 1 amide bonds. The summed E-state index contributed by atoms with van der Waals surface area (Å²) in [6, 6.07) is 23.5. The van der Waals surface area contributed by atoms with Gasteiger partial charge >= 0.3 is 0 Å². The summed E-state index contributed by atoms with van der Waals surface area (Å²) in [5.74, 6) is -0.149. The fourth-order valence-corrected chi connectivity index (χ4v) is 4.77. The Balaban J connectivity index is 1.83. The van der Waals surface area contributed by atoms with Crippen LogP contribution in [0, 0.1) is 0 Å². The molecule has 168 valence electrons. The minimum atomic E-state index is -4.00. The highest BCUT2D eigenvalue weighted by Crippen LogP contribution is 2.29. The Morgan fingerprint density at radius 1 is 0.906 bits per heavy atom. The van der Waals surface area contributed by atoms with Crippen molar-refractivity contribution in [2.24, 2.45) is 0 Å². The number of ether oxygens (including phenoxy) is 1. The molecule has 0 fully saturated rings. The first-order chi connectivity index (χ1) is 15.3. The van der Waals surface area contributed by atoms with Crippen molar-refractivity contribution in [3.8, 4) is 5.75 Å². The van der Waals surface area contributed by atoms with Crippen LogP contribution in [0.4, 0.5) is 0 Å². The lowest BCUT2D eigenvalue weighted by molar-refractivity contribution is -0.132. The van der Waals surface area contributed by atoms with Crippen molar-refractivity contribution in [3.05, 3.63) is 95.0 Å². The quantitative estimate of drug-likeness (QED) is 0.468. The van der Waals surface area contributed by atoms with Crippen molar-refractivity contribution in [1.82, 2.24) is 9.21 Å². The highest BCUT2D eigenvalue weighted by molar-refractivity contribution is 7.89. The molecule has 0 aliphatic rings. The maximum atomic E-state index is 13.2. The van der Waals surface area contributed by atoms with Crippen LogP contribution in [0.15, 0.2) is 83.8 Å². The van der Waals surface area contributed by atoms with E-state index in [2.05, 4.69) is 0 Å². The summed E-state index contributed by atoms with van der Waals surface area (Å²) in [4.78, 5) is 14.8. The second kappa shape index (κ2) is 10.6. The van der Waals surface area contributed by atoms with Gasteiger partial charge in [0, 0.05) is 25.2 Å². The molecule has 3 aromatic rings. The fraction of sp³-hybridized carbons (Fsp3) is 0.208. The van der Waals surface area contributed by atoms with Gasteiger partial charge in [-0.05, 0) is 29.3 Å². The highest BCUT2D eigenvalue weighted by Gasteiger charge is 2.28. The van der Waals surface area contributed by atoms with E-state index in [-0.39, 0.29) is 28.1 Å². The predicted octanol–water partition coefficient (Wildman–Crippen LogP) is 4.20. The smallest absolute Gasteiger partial charge is 0.247 e. The number of benzene rings is 3. The molecule has 0 spiro atoms. The van der Waals surface area contributed by atoms with Gasteiger partial charge < -0.3 is 9.64 Å². The SMILES string of the molecule is COc1ccc(Cl)cc1S(=O)(=O)N(C)CC(=O)N(Cc1ccccc1)Cc1ccccc1. The first-order valence-electron chi connectivity index (χ1n) is 9.97. The van der Waals surface area contributed by atoms with E-state index >= 15 is 0 Å². The number of methoxy groups -OCH3 is 1. The Labute approximate surface area is 194 Å². The summed E-state index contributed by atoms with van der Waals surface area (Å²) in [5, 5.41) is 0.263. The maximum absolute atomic E-state index is 13.2. The van der Waals surface area contributed by atoms with Gasteiger partial charge in [0.15, 0.2) is 0 Å². The van der Waals surface area contributed by atoms with Crippen LogP contribution in [0.1, 0.15) is 11.1 Å². The molecule has 0 aliphatic carbocycles. The number of hydrogen-bond acceptors (Lipinski definition) is 4. The lowest BCUT2D eigenvalue weighted by Crippen LogP contribution is -2.40. The van der Waals surface area contributed by atoms with E-state index in [0.717, 1.165) is 15.4 Å². The lowest BCUT2D eigenvalue weighted by Gasteiger charge is -2.26. The van der Waals surface area contributed by atoms with Gasteiger partial charge in [0.2, 0.25) is 15.9 Å². The average Bonchev–Trinajstić information content (AvgIpc) is 2.80. The maximum Gasteiger partial charge on any atom is 0.247 e. The number of carbonyl (C=O) groups excluding carboxylic acids is 1. The molecule has 8 heteroatoms. The summed E-state index contributed by atoms with van der Waals surface area (Å²) in [7, 11) is -1.25. The van der Waals surface area contributed by atoms with Crippen LogP contribution >= 0.6 is 11.6 Å². The van der Waals surface area contributed by atoms with E-state index in [4.69, 9.17) is 16.3 Å². The van der Waals surface area contributed by atoms with E-state index in [0.29, 0.717) is 13.1 Å². The summed E-state index contributed by atoms with van der Waals surface area (Å²) < 4.78 is 32.5. The molecule has 0 aliphatic heterocycles. The average molecular weight is 473 g/mol. The molecule has 3 aromatic carbocycles. The summed E-state index contributed by atoms with van der Waals surface area (Å²) in [6.45, 7) is 0.406. The van der Waals surface area contributed by atoms with E-state index in [1.165, 1.54) is 26.3 Å². The van der Waals surface area contributed by atoms with E-state index in [1.807, 2.05) is 60.7 Å². The molecule has 0 radical (unpaired) electrons. The topological polar surface area (TPSA) is 66.9 Å². The molecule has 0 unspecified atom stereocenters. The third-order valence-electron chi connectivity index (χ3n) is 4.96. The van der Waals surface area contributed by atoms with Crippen LogP contribution in [0.25, 0.3) is 0 Å². The number of carbonyl (C=O) groups is 1. The Hall–Kier alpha value is -2.87. The number of sulfonamides is 1. The Bertz CT molecular complexity index is 1110. The number of halogens is 1. The number of nitrogens with zero attached hydrogens (tertiary/aromatic N) is 2. The van der Waals surface area contributed by atoms with Gasteiger partial charge in [-0.3, -0.25) is 4.79 Å². The largest absolute Gasteiger partial charge is 0.495 e. The summed E-state index contributed by atoms with van der Waals surface area (Å²) in [6.07, 6.45) is 0. The molecular weight excluding hydrogens is 448 g/mol. The molecule has 0 aromatic heterocycles. The van der Waals surface area contributed by atoms with Gasteiger partial charge in [-0.1, -0.05) is 72.3 Å². The van der Waals surface area contributed by atoms with Crippen molar-refractivity contribution >= 4 is 27.5 Å². The molecular formula is C24H25ClN2O4S. The zero-order chi connectivity index (χ0) is 23.1. The first kappa shape index (κ1) is 23.8. The lowest BCUT2D eigenvalue weighted by atomic mass is 10.1. The third kappa shape index (κ3) is 5.88. The number of likely N-dealkylation sites (N-methyl/N-ethyl adjacent to an activating group) is 1. The molecule has 32 heavy (non-hydrogen) atoms. The van der Waals surface area contributed by atoms with Gasteiger partial charge in [-0.15, -0.1) is 0 Å². The van der Waals surface area contributed by atoms with Crippen molar-refractivity contribution < 1.29 is 17.9 Å². The van der Waals surface area contributed by atoms with Gasteiger partial charge in [-0.2, -0.15) is 4.31 Å². The summed E-state index contributed by atoms with van der Waals surface area (Å²) in [5.41, 5.74) is 1.91. The zero-order valence-electron chi connectivity index (χ0n) is 17.9. The fourth-order valence-electron chi connectivity index (χ4n) is 3.24. The van der Waals surface area contributed by atoms with E-state index in [9.17, 15) is 13.2 Å². The third-order valence-corrected chi connectivity index (χ3v) is 7.02. The van der Waals surface area contributed by atoms with Crippen molar-refractivity contribution in [2.45, 2.75) is 18.0 Å². The molecule has 0 atom stereocenters. The second-order valence-corrected chi connectivity index (χ2v) is 9.73. The minimum absolute atomic E-state index is 0.0829. The number of amides is 1. The van der Waals surface area contributed by atoms with Crippen LogP contribution in [-0.2, 0) is 27.9 Å². The van der Waals surface area contributed by atoms with Gasteiger partial charge in [0.1, 0.15) is 10.6 Å². The first-order valence-corrected chi connectivity index (χ1v) is 11.8. The van der Waals surface area contributed by atoms with Crippen molar-refractivity contribution in [3.63, 3.8) is 0 Å². The predicted molar refractivity (Wildman–Crippen MR) is 125 cm³/mol. The van der Waals surface area contributed by atoms with E-state index in [1.54, 1.807) is 11.0 Å². The normalized spacial score (nSPS) is 11.4. The molecule has 0 bridgehead atoms. The van der Waals surface area contributed by atoms with Crippen LogP contribution in [0.2, 0.25) is 5.02 Å². The Morgan fingerprint density at radius 2 is 1.44 bits per heavy atom. The molecule has 0 N–H and O–H groups in total. The Morgan fingerprint density at radius 3 is 1.94 bits per heavy atom. The number of rotatable bonds is 9. The van der Waals surface area contributed by atoms with E-state index < -0.39 is 10.0 Å². The summed E-state index contributed by atoms with van der Waals surface area (Å²) >= 11 is 6.01. The van der Waals surface area contributed by atoms with Crippen LogP contribution < -0.4 is 4.74 Å². The number of hydrogen-bond donors (Lipinski definition) is 0. The van der Waals surface area contributed by atoms with Crippen LogP contribution in [0.5, 0.6) is 5.75 Å². The zero-order valence-corrected chi connectivity index (χ0v) is 19.5. The van der Waals surface area contributed by atoms with Crippen molar-refractivity contribution in [1.29, 1.82) is 0 Å². The Kier molecular flexibility index (Phi) is 7.90. The molecule has 6 nitrogen and oxygen atoms in total. The monoisotopic (exact) mass is 472 g/mol. The minimum Gasteiger partial charge on any atom is -0.495 e. The van der Waals surface area contributed by atoms with Crippen LogP contribution in [0.3, 0.4) is 0 Å². The van der Waals surface area contributed by atoms with Crippen molar-refractivity contribution in [2.75, 3.05) is 20.7 Å².